The highest BCUT2D eigenvalue weighted by molar-refractivity contribution is 5.93. The molecule has 2 aromatic heterocycles. The zero-order valence-corrected chi connectivity index (χ0v) is 14.8. The molecule has 0 radical (unpaired) electrons. The lowest BCUT2D eigenvalue weighted by molar-refractivity contribution is 0.0379. The van der Waals surface area contributed by atoms with E-state index in [2.05, 4.69) is 16.5 Å². The molecule has 26 heavy (non-hydrogen) atoms. The number of hydrogen-bond donors (Lipinski definition) is 1. The van der Waals surface area contributed by atoms with Crippen molar-refractivity contribution in [2.45, 2.75) is 31.9 Å². The summed E-state index contributed by atoms with van der Waals surface area (Å²) in [7, 11) is 0. The molecule has 1 N–H and O–H groups in total. The third-order valence-electron chi connectivity index (χ3n) is 5.02. The number of amides is 1. The molecule has 1 amide bonds. The van der Waals surface area contributed by atoms with Crippen LogP contribution in [0.1, 0.15) is 40.6 Å². The van der Waals surface area contributed by atoms with Crippen molar-refractivity contribution < 1.29 is 14.3 Å². The van der Waals surface area contributed by atoms with E-state index in [1.54, 1.807) is 24.5 Å². The minimum absolute atomic E-state index is 0.143. The monoisotopic (exact) mass is 356 g/mol. The minimum atomic E-state index is -0.199. The van der Waals surface area contributed by atoms with Crippen molar-refractivity contribution in [2.75, 3.05) is 26.4 Å². The van der Waals surface area contributed by atoms with Gasteiger partial charge in [0.2, 0.25) is 0 Å². The minimum Gasteiger partial charge on any atom is -0.381 e. The SMILES string of the molecule is O=C(NC[C@H]1OCCc2cn(CC3CCOCC3)nc21)c1cccnc1. The van der Waals surface area contributed by atoms with Gasteiger partial charge in [-0.1, -0.05) is 0 Å². The molecule has 1 saturated heterocycles. The number of pyridine rings is 1. The summed E-state index contributed by atoms with van der Waals surface area (Å²) >= 11 is 0. The van der Waals surface area contributed by atoms with Gasteiger partial charge in [-0.2, -0.15) is 5.10 Å². The lowest BCUT2D eigenvalue weighted by atomic mass is 10.0. The Morgan fingerprint density at radius 3 is 3.00 bits per heavy atom. The van der Waals surface area contributed by atoms with Gasteiger partial charge in [-0.05, 0) is 42.9 Å². The zero-order valence-electron chi connectivity index (χ0n) is 14.8. The van der Waals surface area contributed by atoms with Crippen LogP contribution in [0.2, 0.25) is 0 Å². The van der Waals surface area contributed by atoms with E-state index < -0.39 is 0 Å². The molecule has 7 nitrogen and oxygen atoms in total. The van der Waals surface area contributed by atoms with Gasteiger partial charge in [-0.15, -0.1) is 0 Å². The van der Waals surface area contributed by atoms with E-state index in [-0.39, 0.29) is 12.0 Å². The van der Waals surface area contributed by atoms with Gasteiger partial charge in [-0.3, -0.25) is 14.5 Å². The number of carbonyl (C=O) groups excluding carboxylic acids is 1. The van der Waals surface area contributed by atoms with Gasteiger partial charge >= 0.3 is 0 Å². The number of aromatic nitrogens is 3. The molecule has 0 spiro atoms. The molecule has 0 unspecified atom stereocenters. The standard InChI is InChI=1S/C19H24N4O3/c24-19(15-2-1-6-20-10-15)21-11-17-18-16(5-9-26-17)13-23(22-18)12-14-3-7-25-8-4-14/h1-2,6,10,13-14,17H,3-5,7-9,11-12H2,(H,21,24)/t17-/m1/s1. The highest BCUT2D eigenvalue weighted by atomic mass is 16.5. The van der Waals surface area contributed by atoms with Crippen molar-refractivity contribution in [2.24, 2.45) is 5.92 Å². The molecule has 1 atom stereocenters. The van der Waals surface area contributed by atoms with Crippen molar-refractivity contribution in [3.63, 3.8) is 0 Å². The van der Waals surface area contributed by atoms with Gasteiger partial charge in [0.1, 0.15) is 6.10 Å². The first-order valence-electron chi connectivity index (χ1n) is 9.23. The van der Waals surface area contributed by atoms with Crippen LogP contribution in [0, 0.1) is 5.92 Å². The topological polar surface area (TPSA) is 78.3 Å². The van der Waals surface area contributed by atoms with Gasteiger partial charge in [-0.25, -0.2) is 0 Å². The molecule has 2 aliphatic heterocycles. The fraction of sp³-hybridized carbons (Fsp3) is 0.526. The maximum atomic E-state index is 12.2. The Morgan fingerprint density at radius 1 is 1.31 bits per heavy atom. The van der Waals surface area contributed by atoms with Gasteiger partial charge in [0.05, 0.1) is 17.9 Å². The second-order valence-electron chi connectivity index (χ2n) is 6.88. The summed E-state index contributed by atoms with van der Waals surface area (Å²) in [5, 5.41) is 7.69. The summed E-state index contributed by atoms with van der Waals surface area (Å²) < 4.78 is 13.3. The Labute approximate surface area is 152 Å². The number of hydrogen-bond acceptors (Lipinski definition) is 5. The van der Waals surface area contributed by atoms with Crippen LogP contribution < -0.4 is 5.32 Å². The Bertz CT molecular complexity index is 740. The predicted octanol–water partition coefficient (Wildman–Crippen LogP) is 1.75. The maximum Gasteiger partial charge on any atom is 0.252 e. The first kappa shape index (κ1) is 17.2. The smallest absolute Gasteiger partial charge is 0.252 e. The molecule has 4 rings (SSSR count). The summed E-state index contributed by atoms with van der Waals surface area (Å²) in [6, 6.07) is 3.50. The van der Waals surface area contributed by atoms with Crippen molar-refractivity contribution in [3.05, 3.63) is 47.5 Å². The van der Waals surface area contributed by atoms with Gasteiger partial charge in [0.25, 0.3) is 5.91 Å². The molecule has 138 valence electrons. The third kappa shape index (κ3) is 3.94. The molecule has 0 bridgehead atoms. The molecule has 7 heteroatoms. The summed E-state index contributed by atoms with van der Waals surface area (Å²) in [6.45, 7) is 3.68. The van der Waals surface area contributed by atoms with E-state index in [9.17, 15) is 4.79 Å². The number of rotatable bonds is 5. The van der Waals surface area contributed by atoms with Crippen molar-refractivity contribution in [3.8, 4) is 0 Å². The van der Waals surface area contributed by atoms with Crippen LogP contribution in [-0.4, -0.2) is 47.0 Å². The number of carbonyl (C=O) groups is 1. The van der Waals surface area contributed by atoms with Crippen LogP contribution in [0.15, 0.2) is 30.7 Å². The second kappa shape index (κ2) is 7.97. The first-order valence-corrected chi connectivity index (χ1v) is 9.23. The van der Waals surface area contributed by atoms with Gasteiger partial charge in [0.15, 0.2) is 0 Å². The van der Waals surface area contributed by atoms with Crippen molar-refractivity contribution >= 4 is 5.91 Å². The first-order chi connectivity index (χ1) is 12.8. The molecular weight excluding hydrogens is 332 g/mol. The van der Waals surface area contributed by atoms with Crippen LogP contribution in [0.4, 0.5) is 0 Å². The summed E-state index contributed by atoms with van der Waals surface area (Å²) in [4.78, 5) is 16.2. The lowest BCUT2D eigenvalue weighted by Crippen LogP contribution is -2.32. The number of nitrogens with zero attached hydrogens (tertiary/aromatic N) is 3. The largest absolute Gasteiger partial charge is 0.381 e. The molecule has 2 aliphatic rings. The van der Waals surface area contributed by atoms with E-state index in [0.717, 1.165) is 44.7 Å². The van der Waals surface area contributed by atoms with Gasteiger partial charge < -0.3 is 14.8 Å². The highest BCUT2D eigenvalue weighted by Crippen LogP contribution is 2.26. The molecular formula is C19H24N4O3. The van der Waals surface area contributed by atoms with E-state index >= 15 is 0 Å². The second-order valence-corrected chi connectivity index (χ2v) is 6.88. The average Bonchev–Trinajstić information content (AvgIpc) is 3.10. The van der Waals surface area contributed by atoms with E-state index in [1.807, 2.05) is 4.68 Å². The number of nitrogens with one attached hydrogen (secondary N) is 1. The van der Waals surface area contributed by atoms with E-state index in [0.29, 0.717) is 24.6 Å². The Balaban J connectivity index is 1.39. The fourth-order valence-electron chi connectivity index (χ4n) is 3.56. The van der Waals surface area contributed by atoms with Crippen LogP contribution in [-0.2, 0) is 22.4 Å². The number of ether oxygens (including phenoxy) is 2. The Morgan fingerprint density at radius 2 is 2.19 bits per heavy atom. The molecule has 0 saturated carbocycles. The lowest BCUT2D eigenvalue weighted by Gasteiger charge is -2.22. The quantitative estimate of drug-likeness (QED) is 0.883. The maximum absolute atomic E-state index is 12.2. The molecule has 4 heterocycles. The third-order valence-corrected chi connectivity index (χ3v) is 5.02. The van der Waals surface area contributed by atoms with E-state index in [1.165, 1.54) is 5.56 Å². The van der Waals surface area contributed by atoms with Crippen LogP contribution in [0.25, 0.3) is 0 Å². The summed E-state index contributed by atoms with van der Waals surface area (Å²) in [5.41, 5.74) is 2.73. The number of fused-ring (bicyclic) bond motifs is 1. The zero-order chi connectivity index (χ0) is 17.8. The molecule has 2 aromatic rings. The van der Waals surface area contributed by atoms with Crippen molar-refractivity contribution in [1.82, 2.24) is 20.1 Å². The average molecular weight is 356 g/mol. The summed E-state index contributed by atoms with van der Waals surface area (Å²) in [5.74, 6) is 0.477. The van der Waals surface area contributed by atoms with Crippen LogP contribution in [0.5, 0.6) is 0 Å². The van der Waals surface area contributed by atoms with Crippen LogP contribution in [0.3, 0.4) is 0 Å². The van der Waals surface area contributed by atoms with Crippen LogP contribution >= 0.6 is 0 Å². The van der Waals surface area contributed by atoms with Crippen molar-refractivity contribution in [1.29, 1.82) is 0 Å². The molecule has 0 aliphatic carbocycles. The Kier molecular flexibility index (Phi) is 5.26. The fourth-order valence-corrected chi connectivity index (χ4v) is 3.56. The summed E-state index contributed by atoms with van der Waals surface area (Å²) in [6.07, 6.45) is 8.20. The molecule has 1 fully saturated rings. The normalized spacial score (nSPS) is 20.5. The molecule has 0 aromatic carbocycles. The Hall–Kier alpha value is -2.25. The van der Waals surface area contributed by atoms with Gasteiger partial charge in [0, 0.05) is 44.9 Å². The highest BCUT2D eigenvalue weighted by Gasteiger charge is 2.26. The van der Waals surface area contributed by atoms with E-state index in [4.69, 9.17) is 14.6 Å². The predicted molar refractivity (Wildman–Crippen MR) is 94.7 cm³/mol.